The van der Waals surface area contributed by atoms with Crippen LogP contribution in [-0.4, -0.2) is 30.4 Å². The molecule has 1 fully saturated rings. The lowest BCUT2D eigenvalue weighted by Crippen LogP contribution is -2.32. The van der Waals surface area contributed by atoms with Crippen LogP contribution in [0.1, 0.15) is 55.1 Å². The number of carbonyl (C=O) groups excluding carboxylic acids is 1. The Bertz CT molecular complexity index is 993. The highest BCUT2D eigenvalue weighted by molar-refractivity contribution is 7.89. The Morgan fingerprint density at radius 1 is 1.24 bits per heavy atom. The Hall–Kier alpha value is -2.19. The van der Waals surface area contributed by atoms with Gasteiger partial charge in [-0.15, -0.1) is 0 Å². The van der Waals surface area contributed by atoms with Crippen LogP contribution >= 0.6 is 0 Å². The summed E-state index contributed by atoms with van der Waals surface area (Å²) in [6.07, 6.45) is 9.36. The van der Waals surface area contributed by atoms with Crippen LogP contribution in [0.25, 0.3) is 0 Å². The van der Waals surface area contributed by atoms with Gasteiger partial charge in [0.15, 0.2) is 0 Å². The Balaban J connectivity index is 1.43. The normalized spacial score (nSPS) is 19.4. The van der Waals surface area contributed by atoms with Crippen LogP contribution in [0.4, 0.5) is 0 Å². The van der Waals surface area contributed by atoms with Crippen molar-refractivity contribution < 1.29 is 13.2 Å². The zero-order chi connectivity index (χ0) is 20.4. The van der Waals surface area contributed by atoms with Gasteiger partial charge in [-0.25, -0.2) is 18.1 Å². The zero-order valence-electron chi connectivity index (χ0n) is 16.7. The summed E-state index contributed by atoms with van der Waals surface area (Å²) in [6, 6.07) is 5.17. The van der Waals surface area contributed by atoms with Gasteiger partial charge in [0.25, 0.3) is 0 Å². The van der Waals surface area contributed by atoms with Crippen LogP contribution in [0.15, 0.2) is 35.5 Å². The highest BCUT2D eigenvalue weighted by Gasteiger charge is 2.29. The lowest BCUT2D eigenvalue weighted by molar-refractivity contribution is -0.125. The average Bonchev–Trinajstić information content (AvgIpc) is 3.44. The fourth-order valence-corrected chi connectivity index (χ4v) is 5.45. The van der Waals surface area contributed by atoms with Crippen molar-refractivity contribution in [3.63, 3.8) is 0 Å². The second-order valence-corrected chi connectivity index (χ2v) is 9.77. The quantitative estimate of drug-likeness (QED) is 0.725. The number of aromatic nitrogens is 2. The lowest BCUT2D eigenvalue weighted by atomic mass is 10.0. The van der Waals surface area contributed by atoms with Crippen molar-refractivity contribution >= 4 is 15.9 Å². The van der Waals surface area contributed by atoms with Gasteiger partial charge in [0.2, 0.25) is 15.9 Å². The third kappa shape index (κ3) is 4.38. The molecule has 7 nitrogen and oxygen atoms in total. The minimum absolute atomic E-state index is 0.0955. The summed E-state index contributed by atoms with van der Waals surface area (Å²) < 4.78 is 30.1. The molecule has 0 bridgehead atoms. The van der Waals surface area contributed by atoms with Gasteiger partial charge in [0.05, 0.1) is 10.9 Å². The molecule has 1 amide bonds. The molecule has 4 rings (SSSR count). The van der Waals surface area contributed by atoms with E-state index in [1.807, 2.05) is 23.8 Å². The molecule has 2 aromatic rings. The van der Waals surface area contributed by atoms with Crippen LogP contribution in [-0.2, 0) is 27.8 Å². The molecular weight excluding hydrogens is 388 g/mol. The maximum atomic E-state index is 12.8. The van der Waals surface area contributed by atoms with Crippen molar-refractivity contribution in [2.45, 2.75) is 62.9 Å². The molecule has 1 aromatic heterocycles. The molecule has 0 aliphatic heterocycles. The van der Waals surface area contributed by atoms with Gasteiger partial charge in [-0.2, -0.15) is 0 Å². The number of imidazole rings is 1. The Labute approximate surface area is 172 Å². The van der Waals surface area contributed by atoms with Crippen LogP contribution in [0, 0.1) is 12.8 Å². The number of nitrogens with zero attached hydrogens (tertiary/aromatic N) is 2. The fourth-order valence-electron chi connectivity index (χ4n) is 4.40. The third-order valence-corrected chi connectivity index (χ3v) is 7.57. The predicted molar refractivity (Wildman–Crippen MR) is 110 cm³/mol. The van der Waals surface area contributed by atoms with Gasteiger partial charge in [0.1, 0.15) is 5.82 Å². The molecular formula is C21H28N4O3S. The average molecular weight is 417 g/mol. The van der Waals surface area contributed by atoms with Gasteiger partial charge < -0.3 is 9.88 Å². The van der Waals surface area contributed by atoms with Crippen molar-refractivity contribution in [1.82, 2.24) is 19.6 Å². The lowest BCUT2D eigenvalue weighted by Gasteiger charge is -2.18. The standard InChI is InChI=1S/C21H28N4O3S/c1-15-22-10-12-25(15)13-11-23-29(27,28)18-8-6-16-7-9-20(19(16)14-18)24-21(26)17-4-2-3-5-17/h6,8,10,12,14,17,20,23H,2-5,7,9,11,13H2,1H3,(H,24,26)/t20-/m1/s1. The molecule has 0 saturated heterocycles. The van der Waals surface area contributed by atoms with Gasteiger partial charge in [0, 0.05) is 31.4 Å². The SMILES string of the molecule is Cc1nccn1CCNS(=O)(=O)c1ccc2c(c1)[C@H](NC(=O)C1CCCC1)CC2. The Kier molecular flexibility index (Phi) is 5.74. The minimum atomic E-state index is -3.61. The van der Waals surface area contributed by atoms with Crippen molar-refractivity contribution in [1.29, 1.82) is 0 Å². The summed E-state index contributed by atoms with van der Waals surface area (Å²) in [5.41, 5.74) is 2.05. The highest BCUT2D eigenvalue weighted by atomic mass is 32.2. The van der Waals surface area contributed by atoms with Crippen LogP contribution in [0.5, 0.6) is 0 Å². The minimum Gasteiger partial charge on any atom is -0.349 e. The number of nitrogens with one attached hydrogen (secondary N) is 2. The number of rotatable bonds is 7. The number of aryl methyl sites for hydroxylation is 2. The summed E-state index contributed by atoms with van der Waals surface area (Å²) in [6.45, 7) is 2.70. The van der Waals surface area contributed by atoms with Crippen molar-refractivity contribution in [3.05, 3.63) is 47.5 Å². The number of carbonyl (C=O) groups is 1. The molecule has 0 spiro atoms. The highest BCUT2D eigenvalue weighted by Crippen LogP contribution is 2.34. The van der Waals surface area contributed by atoms with E-state index >= 15 is 0 Å². The molecule has 2 aliphatic carbocycles. The second-order valence-electron chi connectivity index (χ2n) is 8.01. The zero-order valence-corrected chi connectivity index (χ0v) is 17.5. The van der Waals surface area contributed by atoms with E-state index in [1.54, 1.807) is 18.3 Å². The molecule has 29 heavy (non-hydrogen) atoms. The topological polar surface area (TPSA) is 93.1 Å². The largest absolute Gasteiger partial charge is 0.349 e. The van der Waals surface area contributed by atoms with Gasteiger partial charge in [-0.05, 0) is 55.9 Å². The maximum Gasteiger partial charge on any atom is 0.240 e. The maximum absolute atomic E-state index is 12.8. The van der Waals surface area contributed by atoms with E-state index in [-0.39, 0.29) is 22.8 Å². The molecule has 0 unspecified atom stereocenters. The molecule has 1 saturated carbocycles. The summed E-state index contributed by atoms with van der Waals surface area (Å²) in [5.74, 6) is 1.07. The van der Waals surface area contributed by atoms with E-state index in [1.165, 1.54) is 0 Å². The first-order valence-electron chi connectivity index (χ1n) is 10.3. The number of sulfonamides is 1. The van der Waals surface area contributed by atoms with E-state index in [0.29, 0.717) is 13.1 Å². The van der Waals surface area contributed by atoms with Crippen LogP contribution in [0.3, 0.4) is 0 Å². The van der Waals surface area contributed by atoms with E-state index in [0.717, 1.165) is 55.5 Å². The number of benzene rings is 1. The van der Waals surface area contributed by atoms with Gasteiger partial charge in [-0.1, -0.05) is 18.9 Å². The molecule has 2 N–H and O–H groups in total. The van der Waals surface area contributed by atoms with Crippen molar-refractivity contribution in [2.24, 2.45) is 5.92 Å². The smallest absolute Gasteiger partial charge is 0.240 e. The van der Waals surface area contributed by atoms with Crippen LogP contribution < -0.4 is 10.0 Å². The second kappa shape index (κ2) is 8.28. The molecule has 0 radical (unpaired) electrons. The van der Waals surface area contributed by atoms with Crippen molar-refractivity contribution in [2.75, 3.05) is 6.54 Å². The molecule has 156 valence electrons. The summed E-state index contributed by atoms with van der Waals surface area (Å²) in [7, 11) is -3.61. The molecule has 1 aromatic carbocycles. The molecule has 2 aliphatic rings. The summed E-state index contributed by atoms with van der Waals surface area (Å²) >= 11 is 0. The number of hydrogen-bond acceptors (Lipinski definition) is 4. The number of fused-ring (bicyclic) bond motifs is 1. The fraction of sp³-hybridized carbons (Fsp3) is 0.524. The first kappa shape index (κ1) is 20.1. The van der Waals surface area contributed by atoms with Gasteiger partial charge in [-0.3, -0.25) is 4.79 Å². The van der Waals surface area contributed by atoms with Gasteiger partial charge >= 0.3 is 0 Å². The number of amides is 1. The first-order chi connectivity index (χ1) is 13.9. The van der Waals surface area contributed by atoms with E-state index in [4.69, 9.17) is 0 Å². The molecule has 1 heterocycles. The monoisotopic (exact) mass is 416 g/mol. The summed E-state index contributed by atoms with van der Waals surface area (Å²) in [5, 5.41) is 3.16. The van der Waals surface area contributed by atoms with E-state index in [9.17, 15) is 13.2 Å². The van der Waals surface area contributed by atoms with E-state index < -0.39 is 10.0 Å². The van der Waals surface area contributed by atoms with E-state index in [2.05, 4.69) is 15.0 Å². The summed E-state index contributed by atoms with van der Waals surface area (Å²) in [4.78, 5) is 16.9. The first-order valence-corrected chi connectivity index (χ1v) is 11.8. The van der Waals surface area contributed by atoms with Crippen molar-refractivity contribution in [3.8, 4) is 0 Å². The Morgan fingerprint density at radius 3 is 2.76 bits per heavy atom. The predicted octanol–water partition coefficient (Wildman–Crippen LogP) is 2.46. The number of hydrogen-bond donors (Lipinski definition) is 2. The Morgan fingerprint density at radius 2 is 2.03 bits per heavy atom. The third-order valence-electron chi connectivity index (χ3n) is 6.12. The van der Waals surface area contributed by atoms with Crippen LogP contribution in [0.2, 0.25) is 0 Å². The molecule has 8 heteroatoms. The molecule has 1 atom stereocenters.